The number of hydrogen-bond donors (Lipinski definition) is 2. The fourth-order valence-electron chi connectivity index (χ4n) is 4.74. The van der Waals surface area contributed by atoms with Gasteiger partial charge in [0.1, 0.15) is 17.6 Å². The number of urea groups is 1. The molecule has 3 aliphatic rings. The predicted octanol–water partition coefficient (Wildman–Crippen LogP) is 2.25. The monoisotopic (exact) mass is 398 g/mol. The van der Waals surface area contributed by atoms with Gasteiger partial charge in [-0.2, -0.15) is 0 Å². The number of benzene rings is 1. The van der Waals surface area contributed by atoms with Crippen LogP contribution in [-0.4, -0.2) is 46.3 Å². The van der Waals surface area contributed by atoms with Crippen LogP contribution < -0.4 is 15.5 Å². The molecule has 0 aromatic heterocycles. The molecule has 8 heteroatoms. The van der Waals surface area contributed by atoms with Gasteiger partial charge in [-0.05, 0) is 44.7 Å². The third-order valence-corrected chi connectivity index (χ3v) is 6.55. The van der Waals surface area contributed by atoms with Crippen molar-refractivity contribution in [3.8, 4) is 0 Å². The quantitative estimate of drug-likeness (QED) is 0.747. The van der Waals surface area contributed by atoms with Crippen LogP contribution in [0.5, 0.6) is 0 Å². The van der Waals surface area contributed by atoms with Gasteiger partial charge in [0, 0.05) is 0 Å². The molecule has 1 saturated heterocycles. The number of carbonyl (C=O) groups is 4. The Balaban J connectivity index is 1.63. The molecule has 0 radical (unpaired) electrons. The van der Waals surface area contributed by atoms with Gasteiger partial charge in [-0.1, -0.05) is 31.9 Å². The molecule has 1 saturated carbocycles. The van der Waals surface area contributed by atoms with E-state index >= 15 is 0 Å². The fourth-order valence-corrected chi connectivity index (χ4v) is 4.74. The molecule has 1 aromatic carbocycles. The minimum absolute atomic E-state index is 0.0192. The maximum Gasteiger partial charge on any atom is 0.325 e. The average molecular weight is 398 g/mol. The van der Waals surface area contributed by atoms with Crippen LogP contribution in [-0.2, 0) is 14.4 Å². The molecule has 0 bridgehead atoms. The Labute approximate surface area is 169 Å². The van der Waals surface area contributed by atoms with Gasteiger partial charge in [0.25, 0.3) is 5.91 Å². The highest BCUT2D eigenvalue weighted by molar-refractivity contribution is 6.16. The van der Waals surface area contributed by atoms with Crippen molar-refractivity contribution in [3.63, 3.8) is 0 Å². The van der Waals surface area contributed by atoms with Crippen LogP contribution in [0.4, 0.5) is 16.2 Å². The number of rotatable bonds is 2. The van der Waals surface area contributed by atoms with Gasteiger partial charge >= 0.3 is 6.03 Å². The second-order valence-corrected chi connectivity index (χ2v) is 8.70. The lowest BCUT2D eigenvalue weighted by molar-refractivity contribution is -0.137. The van der Waals surface area contributed by atoms with Crippen molar-refractivity contribution in [1.82, 2.24) is 10.2 Å². The highest BCUT2D eigenvalue weighted by Gasteiger charge is 2.56. The number of imide groups is 1. The first-order valence-electron chi connectivity index (χ1n) is 10.1. The SMILES string of the molecule is C[C@@H]1CCCC[C@]12NC(=O)N(CC(=O)N1c3ccccc3NC(=O)C1(C)C)C2=O. The van der Waals surface area contributed by atoms with E-state index in [0.29, 0.717) is 17.8 Å². The van der Waals surface area contributed by atoms with Crippen LogP contribution in [0.3, 0.4) is 0 Å². The van der Waals surface area contributed by atoms with Crippen LogP contribution in [0.2, 0.25) is 0 Å². The van der Waals surface area contributed by atoms with Gasteiger partial charge in [0.05, 0.1) is 11.4 Å². The van der Waals surface area contributed by atoms with Crippen molar-refractivity contribution in [2.24, 2.45) is 5.92 Å². The summed E-state index contributed by atoms with van der Waals surface area (Å²) in [4.78, 5) is 54.1. The van der Waals surface area contributed by atoms with Gasteiger partial charge < -0.3 is 10.6 Å². The van der Waals surface area contributed by atoms with E-state index in [-0.39, 0.29) is 17.7 Å². The van der Waals surface area contributed by atoms with E-state index in [0.717, 1.165) is 24.2 Å². The van der Waals surface area contributed by atoms with Crippen molar-refractivity contribution in [1.29, 1.82) is 0 Å². The molecule has 4 rings (SSSR count). The summed E-state index contributed by atoms with van der Waals surface area (Å²) >= 11 is 0. The topological polar surface area (TPSA) is 98.8 Å². The van der Waals surface area contributed by atoms with E-state index in [4.69, 9.17) is 0 Å². The van der Waals surface area contributed by atoms with E-state index < -0.39 is 29.6 Å². The average Bonchev–Trinajstić information content (AvgIpc) is 2.90. The molecule has 2 aliphatic heterocycles. The standard InChI is InChI=1S/C21H26N4O4/c1-13-8-6-7-11-21(13)18(28)24(19(29)23-21)12-16(26)25-15-10-5-4-9-14(15)22-17(27)20(25,2)3/h4-5,9-10,13H,6-8,11-12H2,1-3H3,(H,22,27)(H,23,29)/t13-,21+/m1/s1. The molecule has 2 heterocycles. The van der Waals surface area contributed by atoms with E-state index in [1.165, 1.54) is 4.90 Å². The van der Waals surface area contributed by atoms with Crippen LogP contribution in [0.1, 0.15) is 46.5 Å². The molecule has 1 aromatic rings. The Hall–Kier alpha value is -2.90. The van der Waals surface area contributed by atoms with Gasteiger partial charge in [-0.3, -0.25) is 24.2 Å². The summed E-state index contributed by atoms with van der Waals surface area (Å²) in [6.45, 7) is 4.86. The molecule has 2 atom stereocenters. The lowest BCUT2D eigenvalue weighted by Gasteiger charge is -2.42. The minimum atomic E-state index is -1.15. The number of para-hydroxylation sites is 2. The number of nitrogens with zero attached hydrogens (tertiary/aromatic N) is 2. The van der Waals surface area contributed by atoms with Gasteiger partial charge in [-0.25, -0.2) is 4.79 Å². The third kappa shape index (κ3) is 2.81. The van der Waals surface area contributed by atoms with Crippen molar-refractivity contribution in [2.75, 3.05) is 16.8 Å². The number of amides is 5. The largest absolute Gasteiger partial charge is 0.325 e. The summed E-state index contributed by atoms with van der Waals surface area (Å²) in [7, 11) is 0. The second kappa shape index (κ2) is 6.57. The molecule has 5 amide bonds. The Kier molecular flexibility index (Phi) is 4.40. The predicted molar refractivity (Wildman–Crippen MR) is 107 cm³/mol. The van der Waals surface area contributed by atoms with Crippen LogP contribution >= 0.6 is 0 Å². The normalized spacial score (nSPS) is 28.2. The zero-order valence-corrected chi connectivity index (χ0v) is 16.9. The third-order valence-electron chi connectivity index (χ3n) is 6.55. The molecule has 2 fully saturated rings. The first-order valence-corrected chi connectivity index (χ1v) is 10.1. The highest BCUT2D eigenvalue weighted by Crippen LogP contribution is 2.39. The van der Waals surface area contributed by atoms with Crippen molar-refractivity contribution in [3.05, 3.63) is 24.3 Å². The second-order valence-electron chi connectivity index (χ2n) is 8.70. The lowest BCUT2D eigenvalue weighted by Crippen LogP contribution is -2.60. The molecule has 29 heavy (non-hydrogen) atoms. The minimum Gasteiger partial charge on any atom is -0.323 e. The van der Waals surface area contributed by atoms with E-state index in [9.17, 15) is 19.2 Å². The smallest absolute Gasteiger partial charge is 0.323 e. The van der Waals surface area contributed by atoms with E-state index in [1.807, 2.05) is 6.92 Å². The van der Waals surface area contributed by atoms with Crippen LogP contribution in [0.15, 0.2) is 24.3 Å². The van der Waals surface area contributed by atoms with Crippen molar-refractivity contribution >= 4 is 35.1 Å². The maximum absolute atomic E-state index is 13.3. The fraction of sp³-hybridized carbons (Fsp3) is 0.524. The number of anilines is 2. The van der Waals surface area contributed by atoms with Crippen molar-refractivity contribution < 1.29 is 19.2 Å². The summed E-state index contributed by atoms with van der Waals surface area (Å²) < 4.78 is 0. The van der Waals surface area contributed by atoms with Gasteiger partial charge in [0.15, 0.2) is 0 Å². The summed E-state index contributed by atoms with van der Waals surface area (Å²) in [5.74, 6) is -1.11. The first-order chi connectivity index (χ1) is 13.7. The van der Waals surface area contributed by atoms with Crippen LogP contribution in [0.25, 0.3) is 0 Å². The molecular formula is C21H26N4O4. The zero-order valence-electron chi connectivity index (χ0n) is 16.9. The number of carbonyl (C=O) groups excluding carboxylic acids is 4. The van der Waals surface area contributed by atoms with E-state index in [2.05, 4.69) is 10.6 Å². The summed E-state index contributed by atoms with van der Waals surface area (Å²) in [6.07, 6.45) is 3.34. The molecule has 8 nitrogen and oxygen atoms in total. The molecule has 1 spiro atoms. The Morgan fingerprint density at radius 2 is 1.90 bits per heavy atom. The number of nitrogens with one attached hydrogen (secondary N) is 2. The number of hydrogen-bond acceptors (Lipinski definition) is 4. The molecule has 1 aliphatic carbocycles. The van der Waals surface area contributed by atoms with E-state index in [1.54, 1.807) is 38.1 Å². The summed E-state index contributed by atoms with van der Waals surface area (Å²) in [5, 5.41) is 5.67. The maximum atomic E-state index is 13.3. The molecule has 0 unspecified atom stereocenters. The van der Waals surface area contributed by atoms with Crippen LogP contribution in [0, 0.1) is 5.92 Å². The number of fused-ring (bicyclic) bond motifs is 1. The molecule has 2 N–H and O–H groups in total. The molecular weight excluding hydrogens is 372 g/mol. The highest BCUT2D eigenvalue weighted by atomic mass is 16.2. The Morgan fingerprint density at radius 1 is 1.17 bits per heavy atom. The summed E-state index contributed by atoms with van der Waals surface area (Å²) in [6, 6.07) is 6.47. The first kappa shape index (κ1) is 19.4. The summed E-state index contributed by atoms with van der Waals surface area (Å²) in [5.41, 5.74) is -0.988. The molecule has 154 valence electrons. The lowest BCUT2D eigenvalue weighted by atomic mass is 9.73. The Morgan fingerprint density at radius 3 is 2.62 bits per heavy atom. The van der Waals surface area contributed by atoms with Crippen molar-refractivity contribution in [2.45, 2.75) is 57.5 Å². The van der Waals surface area contributed by atoms with Gasteiger partial charge in [0.2, 0.25) is 11.8 Å². The zero-order chi connectivity index (χ0) is 21.0. The van der Waals surface area contributed by atoms with Gasteiger partial charge in [-0.15, -0.1) is 0 Å². The Bertz CT molecular complexity index is 912.